The van der Waals surface area contributed by atoms with Crippen molar-refractivity contribution >= 4 is 11.9 Å². The van der Waals surface area contributed by atoms with E-state index in [1.807, 2.05) is 13.8 Å². The number of hydrogen-bond donors (Lipinski definition) is 1. The number of carbonyl (C=O) groups excluding carboxylic acids is 1. The van der Waals surface area contributed by atoms with Crippen LogP contribution in [0, 0.1) is 0 Å². The minimum Gasteiger partial charge on any atom is -0.479 e. The number of carboxylic acid groups (broad SMARTS) is 1. The highest BCUT2D eigenvalue weighted by Gasteiger charge is 2.34. The number of carbonyl (C=O) groups is 2. The molecule has 1 N–H and O–H groups in total. The lowest BCUT2D eigenvalue weighted by atomic mass is 10.1. The number of rotatable bonds is 3. The van der Waals surface area contributed by atoms with Gasteiger partial charge in [-0.15, -0.1) is 0 Å². The molecule has 110 valence electrons. The van der Waals surface area contributed by atoms with Crippen molar-refractivity contribution in [2.75, 3.05) is 13.1 Å². The molecular formula is C13H18N2O5. The largest absolute Gasteiger partial charge is 0.479 e. The Morgan fingerprint density at radius 2 is 2.15 bits per heavy atom. The fourth-order valence-corrected chi connectivity index (χ4v) is 2.08. The van der Waals surface area contributed by atoms with Crippen molar-refractivity contribution in [1.82, 2.24) is 10.1 Å². The number of hydrogen-bond acceptors (Lipinski definition) is 5. The standard InChI is InChI=1S/C13H18N2O5/c1-7(2)10-4-9(14-20-10)12(16)15-5-8(3)19-11(6-15)13(17)18/h4,7-8,11H,5-6H2,1-3H3,(H,17,18)/t8-,11?/m1/s1. The third kappa shape index (κ3) is 2.98. The average molecular weight is 282 g/mol. The van der Waals surface area contributed by atoms with E-state index in [4.69, 9.17) is 14.4 Å². The van der Waals surface area contributed by atoms with E-state index < -0.39 is 12.1 Å². The van der Waals surface area contributed by atoms with E-state index in [9.17, 15) is 9.59 Å². The van der Waals surface area contributed by atoms with Gasteiger partial charge < -0.3 is 19.3 Å². The van der Waals surface area contributed by atoms with Gasteiger partial charge in [-0.2, -0.15) is 0 Å². The predicted molar refractivity (Wildman–Crippen MR) is 68.5 cm³/mol. The maximum atomic E-state index is 12.3. The van der Waals surface area contributed by atoms with Gasteiger partial charge in [-0.25, -0.2) is 4.79 Å². The van der Waals surface area contributed by atoms with Crippen LogP contribution in [0.5, 0.6) is 0 Å². The van der Waals surface area contributed by atoms with Crippen LogP contribution in [0.15, 0.2) is 10.6 Å². The summed E-state index contributed by atoms with van der Waals surface area (Å²) in [5.74, 6) is -0.636. The summed E-state index contributed by atoms with van der Waals surface area (Å²) in [6, 6.07) is 1.60. The van der Waals surface area contributed by atoms with E-state index in [1.165, 1.54) is 4.90 Å². The van der Waals surface area contributed by atoms with Gasteiger partial charge in [-0.1, -0.05) is 19.0 Å². The van der Waals surface area contributed by atoms with Gasteiger partial charge in [0, 0.05) is 18.5 Å². The smallest absolute Gasteiger partial charge is 0.334 e. The second-order valence-corrected chi connectivity index (χ2v) is 5.25. The van der Waals surface area contributed by atoms with Crippen LogP contribution < -0.4 is 0 Å². The van der Waals surface area contributed by atoms with Crippen LogP contribution in [0.1, 0.15) is 42.9 Å². The first kappa shape index (κ1) is 14.5. The number of aliphatic carboxylic acids is 1. The second-order valence-electron chi connectivity index (χ2n) is 5.25. The lowest BCUT2D eigenvalue weighted by Gasteiger charge is -2.34. The van der Waals surface area contributed by atoms with E-state index >= 15 is 0 Å². The summed E-state index contributed by atoms with van der Waals surface area (Å²) in [5.41, 5.74) is 0.201. The minimum atomic E-state index is -1.07. The summed E-state index contributed by atoms with van der Waals surface area (Å²) in [5, 5.41) is 12.8. The van der Waals surface area contributed by atoms with Crippen LogP contribution in [-0.2, 0) is 9.53 Å². The van der Waals surface area contributed by atoms with Gasteiger partial charge in [0.15, 0.2) is 11.8 Å². The molecule has 2 rings (SSSR count). The SMILES string of the molecule is CC(C)c1cc(C(=O)N2CC(C(=O)O)O[C@H](C)C2)no1. The number of morpholine rings is 1. The summed E-state index contributed by atoms with van der Waals surface area (Å²) in [4.78, 5) is 24.7. The molecule has 1 amide bonds. The van der Waals surface area contributed by atoms with Crippen LogP contribution in [0.4, 0.5) is 0 Å². The second kappa shape index (κ2) is 5.62. The molecule has 2 heterocycles. The lowest BCUT2D eigenvalue weighted by molar-refractivity contribution is -0.160. The lowest BCUT2D eigenvalue weighted by Crippen LogP contribution is -2.51. The molecule has 0 aliphatic carbocycles. The zero-order valence-corrected chi connectivity index (χ0v) is 11.7. The van der Waals surface area contributed by atoms with E-state index in [1.54, 1.807) is 13.0 Å². The first-order valence-corrected chi connectivity index (χ1v) is 6.52. The number of nitrogens with zero attached hydrogens (tertiary/aromatic N) is 2. The predicted octanol–water partition coefficient (Wildman–Crippen LogP) is 1.11. The van der Waals surface area contributed by atoms with Crippen molar-refractivity contribution in [2.45, 2.75) is 38.9 Å². The Hall–Kier alpha value is -1.89. The van der Waals surface area contributed by atoms with Crippen LogP contribution in [0.25, 0.3) is 0 Å². The van der Waals surface area contributed by atoms with Crippen molar-refractivity contribution in [3.63, 3.8) is 0 Å². The summed E-state index contributed by atoms with van der Waals surface area (Å²) in [7, 11) is 0. The molecule has 1 aliphatic heterocycles. The Balaban J connectivity index is 2.12. The molecular weight excluding hydrogens is 264 g/mol. The highest BCUT2D eigenvalue weighted by molar-refractivity contribution is 5.92. The number of carboxylic acids is 1. The van der Waals surface area contributed by atoms with Gasteiger partial charge in [-0.3, -0.25) is 4.79 Å². The number of aromatic nitrogens is 1. The summed E-state index contributed by atoms with van der Waals surface area (Å²) in [6.45, 7) is 5.96. The third-order valence-electron chi connectivity index (χ3n) is 3.14. The average Bonchev–Trinajstić information content (AvgIpc) is 2.86. The zero-order chi connectivity index (χ0) is 14.9. The molecule has 20 heavy (non-hydrogen) atoms. The molecule has 1 aliphatic rings. The van der Waals surface area contributed by atoms with E-state index in [2.05, 4.69) is 5.16 Å². The van der Waals surface area contributed by atoms with Gasteiger partial charge in [-0.05, 0) is 6.92 Å². The quantitative estimate of drug-likeness (QED) is 0.892. The monoisotopic (exact) mass is 282 g/mol. The Bertz CT molecular complexity index is 511. The maximum absolute atomic E-state index is 12.3. The third-order valence-corrected chi connectivity index (χ3v) is 3.14. The molecule has 1 aromatic heterocycles. The minimum absolute atomic E-state index is 0.0162. The molecule has 0 aromatic carbocycles. The normalized spacial score (nSPS) is 23.1. The van der Waals surface area contributed by atoms with E-state index in [-0.39, 0.29) is 30.2 Å². The molecule has 0 bridgehead atoms. The summed E-state index contributed by atoms with van der Waals surface area (Å²) in [6.07, 6.45) is -1.33. The maximum Gasteiger partial charge on any atom is 0.334 e. The molecule has 1 fully saturated rings. The molecule has 1 saturated heterocycles. The van der Waals surface area contributed by atoms with Gasteiger partial charge in [0.25, 0.3) is 5.91 Å². The van der Waals surface area contributed by atoms with Crippen LogP contribution >= 0.6 is 0 Å². The number of amides is 1. The Morgan fingerprint density at radius 1 is 1.45 bits per heavy atom. The van der Waals surface area contributed by atoms with Crippen molar-refractivity contribution in [3.05, 3.63) is 17.5 Å². The van der Waals surface area contributed by atoms with E-state index in [0.717, 1.165) is 0 Å². The van der Waals surface area contributed by atoms with Gasteiger partial charge >= 0.3 is 5.97 Å². The zero-order valence-electron chi connectivity index (χ0n) is 11.7. The fourth-order valence-electron chi connectivity index (χ4n) is 2.08. The molecule has 1 unspecified atom stereocenters. The van der Waals surface area contributed by atoms with Gasteiger partial charge in [0.1, 0.15) is 5.76 Å². The molecule has 0 spiro atoms. The fraction of sp³-hybridized carbons (Fsp3) is 0.615. The van der Waals surface area contributed by atoms with Crippen molar-refractivity contribution in [1.29, 1.82) is 0 Å². The van der Waals surface area contributed by atoms with Gasteiger partial charge in [0.2, 0.25) is 0 Å². The molecule has 0 saturated carbocycles. The van der Waals surface area contributed by atoms with Crippen LogP contribution in [-0.4, -0.2) is 52.3 Å². The molecule has 1 aromatic rings. The van der Waals surface area contributed by atoms with Crippen molar-refractivity contribution in [2.24, 2.45) is 0 Å². The molecule has 7 nitrogen and oxygen atoms in total. The van der Waals surface area contributed by atoms with Gasteiger partial charge in [0.05, 0.1) is 12.6 Å². The molecule has 2 atom stereocenters. The Kier molecular flexibility index (Phi) is 4.08. The van der Waals surface area contributed by atoms with Crippen LogP contribution in [0.3, 0.4) is 0 Å². The van der Waals surface area contributed by atoms with Crippen molar-refractivity contribution in [3.8, 4) is 0 Å². The first-order chi connectivity index (χ1) is 9.38. The Labute approximate surface area is 116 Å². The van der Waals surface area contributed by atoms with E-state index in [0.29, 0.717) is 12.3 Å². The van der Waals surface area contributed by atoms with Crippen molar-refractivity contribution < 1.29 is 24.0 Å². The topological polar surface area (TPSA) is 92.9 Å². The molecule has 7 heteroatoms. The highest BCUT2D eigenvalue weighted by atomic mass is 16.5. The van der Waals surface area contributed by atoms with Crippen LogP contribution in [0.2, 0.25) is 0 Å². The number of ether oxygens (including phenoxy) is 1. The first-order valence-electron chi connectivity index (χ1n) is 6.52. The molecule has 0 radical (unpaired) electrons. The Morgan fingerprint density at radius 3 is 2.70 bits per heavy atom. The highest BCUT2D eigenvalue weighted by Crippen LogP contribution is 2.18. The summed E-state index contributed by atoms with van der Waals surface area (Å²) >= 11 is 0. The summed E-state index contributed by atoms with van der Waals surface area (Å²) < 4.78 is 10.4.